The van der Waals surface area contributed by atoms with Crippen LogP contribution in [0.3, 0.4) is 0 Å². The number of nitrogens with zero attached hydrogens (tertiary/aromatic N) is 1. The summed E-state index contributed by atoms with van der Waals surface area (Å²) in [5, 5.41) is 4.05. The van der Waals surface area contributed by atoms with Gasteiger partial charge in [0.15, 0.2) is 0 Å². The third-order valence-corrected chi connectivity index (χ3v) is 5.17. The third kappa shape index (κ3) is 6.71. The summed E-state index contributed by atoms with van der Waals surface area (Å²) in [5.74, 6) is 0.658. The SMILES string of the molecule is Cc1ccc(CC(=O)N/N=C\c2ccc(OCc3ccc(I)cc3)cc2)c(C)c1. The summed E-state index contributed by atoms with van der Waals surface area (Å²) in [6.07, 6.45) is 1.94. The van der Waals surface area contributed by atoms with E-state index in [2.05, 4.69) is 63.4 Å². The van der Waals surface area contributed by atoms with E-state index in [1.807, 2.05) is 50.2 Å². The highest BCUT2D eigenvalue weighted by atomic mass is 127. The van der Waals surface area contributed by atoms with Crippen LogP contribution in [0.25, 0.3) is 0 Å². The lowest BCUT2D eigenvalue weighted by atomic mass is 10.0. The Hall–Kier alpha value is -2.67. The number of carbonyl (C=O) groups excluding carboxylic acids is 1. The molecule has 4 nitrogen and oxygen atoms in total. The van der Waals surface area contributed by atoms with Crippen LogP contribution >= 0.6 is 22.6 Å². The number of aryl methyl sites for hydroxylation is 2. The molecule has 0 saturated carbocycles. The minimum Gasteiger partial charge on any atom is -0.489 e. The molecule has 0 aliphatic rings. The second-order valence-corrected chi connectivity index (χ2v) is 8.13. The quantitative estimate of drug-likeness (QED) is 0.277. The number of hydrogen-bond donors (Lipinski definition) is 1. The fourth-order valence-corrected chi connectivity index (χ4v) is 3.19. The van der Waals surface area contributed by atoms with Crippen molar-refractivity contribution in [3.05, 3.63) is 98.1 Å². The zero-order valence-electron chi connectivity index (χ0n) is 16.5. The minimum atomic E-state index is -0.134. The van der Waals surface area contributed by atoms with Crippen molar-refractivity contribution in [3.8, 4) is 5.75 Å². The van der Waals surface area contributed by atoms with Crippen molar-refractivity contribution in [2.75, 3.05) is 0 Å². The van der Waals surface area contributed by atoms with Crippen molar-refractivity contribution in [2.45, 2.75) is 26.9 Å². The monoisotopic (exact) mass is 498 g/mol. The molecule has 5 heteroatoms. The van der Waals surface area contributed by atoms with Crippen LogP contribution in [0.5, 0.6) is 5.75 Å². The molecule has 0 unspecified atom stereocenters. The van der Waals surface area contributed by atoms with Gasteiger partial charge in [0.2, 0.25) is 5.91 Å². The maximum Gasteiger partial charge on any atom is 0.244 e. The summed E-state index contributed by atoms with van der Waals surface area (Å²) in [4.78, 5) is 12.1. The lowest BCUT2D eigenvalue weighted by Crippen LogP contribution is -2.20. The van der Waals surface area contributed by atoms with Crippen LogP contribution in [0.2, 0.25) is 0 Å². The molecule has 29 heavy (non-hydrogen) atoms. The highest BCUT2D eigenvalue weighted by Crippen LogP contribution is 2.15. The van der Waals surface area contributed by atoms with Crippen LogP contribution in [0.15, 0.2) is 71.8 Å². The van der Waals surface area contributed by atoms with E-state index in [0.717, 1.165) is 28.0 Å². The first kappa shape index (κ1) is 21.0. The molecule has 0 bridgehead atoms. The zero-order valence-corrected chi connectivity index (χ0v) is 18.6. The number of carbonyl (C=O) groups is 1. The van der Waals surface area contributed by atoms with Crippen molar-refractivity contribution in [1.82, 2.24) is 5.43 Å². The maximum atomic E-state index is 12.1. The Balaban J connectivity index is 1.47. The molecule has 0 aromatic heterocycles. The normalized spacial score (nSPS) is 10.9. The third-order valence-electron chi connectivity index (χ3n) is 4.45. The Morgan fingerprint density at radius 3 is 2.45 bits per heavy atom. The predicted octanol–water partition coefficient (Wildman–Crippen LogP) is 5.18. The number of hydrogen-bond acceptors (Lipinski definition) is 3. The average Bonchev–Trinajstić information content (AvgIpc) is 2.71. The number of nitrogens with one attached hydrogen (secondary N) is 1. The fourth-order valence-electron chi connectivity index (χ4n) is 2.83. The Bertz CT molecular complexity index is 996. The van der Waals surface area contributed by atoms with Gasteiger partial charge in [0.25, 0.3) is 0 Å². The van der Waals surface area contributed by atoms with Gasteiger partial charge < -0.3 is 4.74 Å². The van der Waals surface area contributed by atoms with Crippen LogP contribution in [-0.2, 0) is 17.8 Å². The summed E-state index contributed by atoms with van der Waals surface area (Å²) in [6, 6.07) is 21.9. The first-order chi connectivity index (χ1) is 14.0. The summed E-state index contributed by atoms with van der Waals surface area (Å²) >= 11 is 2.28. The van der Waals surface area contributed by atoms with Gasteiger partial charge in [0.05, 0.1) is 12.6 Å². The first-order valence-electron chi connectivity index (χ1n) is 9.35. The van der Waals surface area contributed by atoms with Crippen LogP contribution in [0.4, 0.5) is 0 Å². The second-order valence-electron chi connectivity index (χ2n) is 6.88. The summed E-state index contributed by atoms with van der Waals surface area (Å²) in [6.45, 7) is 4.58. The second kappa shape index (κ2) is 10.2. The first-order valence-corrected chi connectivity index (χ1v) is 10.4. The number of hydrazone groups is 1. The highest BCUT2D eigenvalue weighted by molar-refractivity contribution is 14.1. The van der Waals surface area contributed by atoms with Gasteiger partial charge in [-0.25, -0.2) is 5.43 Å². The van der Waals surface area contributed by atoms with Gasteiger partial charge in [0, 0.05) is 3.57 Å². The van der Waals surface area contributed by atoms with E-state index < -0.39 is 0 Å². The molecule has 1 amide bonds. The Labute approximate surface area is 185 Å². The van der Waals surface area contributed by atoms with Gasteiger partial charge in [-0.1, -0.05) is 35.9 Å². The number of amides is 1. The smallest absolute Gasteiger partial charge is 0.244 e. The van der Waals surface area contributed by atoms with E-state index in [4.69, 9.17) is 4.74 Å². The molecule has 0 aliphatic heterocycles. The van der Waals surface area contributed by atoms with Crippen LogP contribution < -0.4 is 10.2 Å². The molecule has 0 fully saturated rings. The molecule has 148 valence electrons. The molecular weight excluding hydrogens is 475 g/mol. The van der Waals surface area contributed by atoms with Crippen LogP contribution in [0, 0.1) is 17.4 Å². The molecule has 0 spiro atoms. The molecule has 3 aromatic rings. The molecule has 0 saturated heterocycles. The summed E-state index contributed by atoms with van der Waals surface area (Å²) in [7, 11) is 0. The van der Waals surface area contributed by atoms with Crippen molar-refractivity contribution < 1.29 is 9.53 Å². The van der Waals surface area contributed by atoms with Crippen LogP contribution in [-0.4, -0.2) is 12.1 Å². The molecule has 0 aliphatic carbocycles. The summed E-state index contributed by atoms with van der Waals surface area (Å²) < 4.78 is 7.00. The van der Waals surface area contributed by atoms with Gasteiger partial charge in [-0.05, 0) is 95.1 Å². The fraction of sp³-hybridized carbons (Fsp3) is 0.167. The Kier molecular flexibility index (Phi) is 7.41. The van der Waals surface area contributed by atoms with Gasteiger partial charge >= 0.3 is 0 Å². The molecule has 3 rings (SSSR count). The van der Waals surface area contributed by atoms with E-state index in [1.165, 1.54) is 9.13 Å². The van der Waals surface area contributed by atoms with E-state index in [-0.39, 0.29) is 5.91 Å². The molecule has 0 atom stereocenters. The molecule has 0 heterocycles. The molecule has 0 radical (unpaired) electrons. The van der Waals surface area contributed by atoms with E-state index >= 15 is 0 Å². The van der Waals surface area contributed by atoms with Gasteiger partial charge in [-0.3, -0.25) is 4.79 Å². The molecular formula is C24H23IN2O2. The zero-order chi connectivity index (χ0) is 20.6. The number of benzene rings is 3. The minimum absolute atomic E-state index is 0.134. The predicted molar refractivity (Wildman–Crippen MR) is 125 cm³/mol. The van der Waals surface area contributed by atoms with E-state index in [0.29, 0.717) is 13.0 Å². The molecule has 3 aromatic carbocycles. The van der Waals surface area contributed by atoms with E-state index in [9.17, 15) is 4.79 Å². The van der Waals surface area contributed by atoms with Crippen molar-refractivity contribution in [1.29, 1.82) is 0 Å². The van der Waals surface area contributed by atoms with Gasteiger partial charge in [-0.2, -0.15) is 5.10 Å². The largest absolute Gasteiger partial charge is 0.489 e. The van der Waals surface area contributed by atoms with Crippen molar-refractivity contribution in [3.63, 3.8) is 0 Å². The standard InChI is InChI=1S/C24H23IN2O2/c1-17-3-8-21(18(2)13-17)14-24(28)27-26-15-19-6-11-23(12-7-19)29-16-20-4-9-22(25)10-5-20/h3-13,15H,14,16H2,1-2H3,(H,27,28)/b26-15-. The van der Waals surface area contributed by atoms with Gasteiger partial charge in [0.1, 0.15) is 12.4 Å². The van der Waals surface area contributed by atoms with Gasteiger partial charge in [-0.15, -0.1) is 0 Å². The Morgan fingerprint density at radius 2 is 1.76 bits per heavy atom. The van der Waals surface area contributed by atoms with Crippen molar-refractivity contribution >= 4 is 34.7 Å². The number of rotatable bonds is 7. The topological polar surface area (TPSA) is 50.7 Å². The number of ether oxygens (including phenoxy) is 1. The van der Waals surface area contributed by atoms with Crippen LogP contribution in [0.1, 0.15) is 27.8 Å². The van der Waals surface area contributed by atoms with E-state index in [1.54, 1.807) is 6.21 Å². The molecule has 1 N–H and O–H groups in total. The number of halogens is 1. The van der Waals surface area contributed by atoms with Crippen molar-refractivity contribution in [2.24, 2.45) is 5.10 Å². The Morgan fingerprint density at radius 1 is 1.03 bits per heavy atom. The average molecular weight is 498 g/mol. The lowest BCUT2D eigenvalue weighted by molar-refractivity contribution is -0.120. The lowest BCUT2D eigenvalue weighted by Gasteiger charge is -2.07. The highest BCUT2D eigenvalue weighted by Gasteiger charge is 2.05. The summed E-state index contributed by atoms with van der Waals surface area (Å²) in [5.41, 5.74) is 7.92. The maximum absolute atomic E-state index is 12.1.